The van der Waals surface area contributed by atoms with Gasteiger partial charge >= 0.3 is 0 Å². The van der Waals surface area contributed by atoms with Gasteiger partial charge in [-0.3, -0.25) is 4.79 Å². The summed E-state index contributed by atoms with van der Waals surface area (Å²) in [4.78, 5) is 20.5. The zero-order chi connectivity index (χ0) is 15.7. The number of carbonyl (C=O) groups excluding carboxylic acids is 1. The second-order valence-electron chi connectivity index (χ2n) is 7.16. The van der Waals surface area contributed by atoms with Crippen molar-refractivity contribution in [1.29, 1.82) is 0 Å². The van der Waals surface area contributed by atoms with Gasteiger partial charge in [-0.25, -0.2) is 0 Å². The van der Waals surface area contributed by atoms with Gasteiger partial charge in [-0.05, 0) is 18.4 Å². The van der Waals surface area contributed by atoms with Crippen LogP contribution < -0.4 is 0 Å². The van der Waals surface area contributed by atoms with Crippen molar-refractivity contribution >= 4 is 11.6 Å². The summed E-state index contributed by atoms with van der Waals surface area (Å²) in [6, 6.07) is 10.3. The first kappa shape index (κ1) is 14.7. The average Bonchev–Trinajstić information content (AvgIpc) is 3.26. The van der Waals surface area contributed by atoms with Crippen molar-refractivity contribution in [2.75, 3.05) is 13.1 Å². The minimum Gasteiger partial charge on any atom is -0.388 e. The number of likely N-dealkylation sites (tertiary alicyclic amines) is 1. The van der Waals surface area contributed by atoms with E-state index in [4.69, 9.17) is 4.84 Å². The first-order valence-corrected chi connectivity index (χ1v) is 8.85. The van der Waals surface area contributed by atoms with Crippen LogP contribution in [0.3, 0.4) is 0 Å². The molecule has 1 aromatic rings. The van der Waals surface area contributed by atoms with Crippen molar-refractivity contribution < 1.29 is 9.63 Å². The molecule has 0 bridgehead atoms. The van der Waals surface area contributed by atoms with Gasteiger partial charge in [0.1, 0.15) is 5.60 Å². The Morgan fingerprint density at radius 2 is 1.83 bits per heavy atom. The van der Waals surface area contributed by atoms with Crippen LogP contribution in [0.1, 0.15) is 50.5 Å². The summed E-state index contributed by atoms with van der Waals surface area (Å²) in [5.74, 6) is 0.657. The highest BCUT2D eigenvalue weighted by molar-refractivity contribution is 6.01. The molecule has 0 atom stereocenters. The number of carbonyl (C=O) groups is 1. The van der Waals surface area contributed by atoms with Crippen LogP contribution in [-0.2, 0) is 9.63 Å². The van der Waals surface area contributed by atoms with E-state index in [-0.39, 0.29) is 11.5 Å². The Morgan fingerprint density at radius 3 is 2.52 bits per heavy atom. The molecule has 2 heterocycles. The molecule has 1 saturated carbocycles. The Bertz CT molecular complexity index is 597. The Morgan fingerprint density at radius 1 is 1.13 bits per heavy atom. The minimum absolute atomic E-state index is 0.183. The van der Waals surface area contributed by atoms with Crippen LogP contribution in [0.4, 0.5) is 0 Å². The van der Waals surface area contributed by atoms with E-state index in [9.17, 15) is 4.79 Å². The van der Waals surface area contributed by atoms with Crippen molar-refractivity contribution in [3.63, 3.8) is 0 Å². The zero-order valence-electron chi connectivity index (χ0n) is 13.5. The molecule has 23 heavy (non-hydrogen) atoms. The summed E-state index contributed by atoms with van der Waals surface area (Å²) < 4.78 is 0. The lowest BCUT2D eigenvalue weighted by Gasteiger charge is -2.38. The lowest BCUT2D eigenvalue weighted by atomic mass is 9.85. The maximum atomic E-state index is 12.5. The molecule has 2 aliphatic heterocycles. The van der Waals surface area contributed by atoms with Gasteiger partial charge in [-0.1, -0.05) is 48.3 Å². The summed E-state index contributed by atoms with van der Waals surface area (Å²) in [7, 11) is 0. The van der Waals surface area contributed by atoms with E-state index in [0.29, 0.717) is 5.91 Å². The van der Waals surface area contributed by atoms with E-state index in [1.807, 2.05) is 18.2 Å². The summed E-state index contributed by atoms with van der Waals surface area (Å²) in [5, 5.41) is 4.34. The molecule has 0 aromatic heterocycles. The van der Waals surface area contributed by atoms with E-state index in [1.54, 1.807) is 0 Å². The van der Waals surface area contributed by atoms with Crippen molar-refractivity contribution in [3.05, 3.63) is 35.9 Å². The maximum Gasteiger partial charge on any atom is 0.225 e. The predicted molar refractivity (Wildman–Crippen MR) is 89.2 cm³/mol. The van der Waals surface area contributed by atoms with Crippen LogP contribution in [-0.4, -0.2) is 35.2 Å². The molecular weight excluding hydrogens is 288 g/mol. The van der Waals surface area contributed by atoms with Crippen LogP contribution >= 0.6 is 0 Å². The number of nitrogens with zero attached hydrogens (tertiary/aromatic N) is 2. The average molecular weight is 312 g/mol. The molecular formula is C19H24N2O2. The van der Waals surface area contributed by atoms with Crippen molar-refractivity contribution in [2.24, 2.45) is 11.1 Å². The molecule has 4 rings (SSSR count). The first-order chi connectivity index (χ1) is 11.3. The third kappa shape index (κ3) is 2.87. The molecule has 1 amide bonds. The molecule has 3 aliphatic rings. The van der Waals surface area contributed by atoms with E-state index in [0.717, 1.165) is 56.5 Å². The fraction of sp³-hybridized carbons (Fsp3) is 0.579. The van der Waals surface area contributed by atoms with E-state index in [2.05, 4.69) is 22.2 Å². The third-order valence-corrected chi connectivity index (χ3v) is 5.64. The Labute approximate surface area is 137 Å². The SMILES string of the molecule is O=C(C1CCCC1)N1CCC2(CC1)CC(c1ccccc1)=NO2. The summed E-state index contributed by atoms with van der Waals surface area (Å²) >= 11 is 0. The number of hydrogen-bond acceptors (Lipinski definition) is 3. The molecule has 2 fully saturated rings. The van der Waals surface area contributed by atoms with Gasteiger partial charge in [-0.15, -0.1) is 0 Å². The quantitative estimate of drug-likeness (QED) is 0.840. The van der Waals surface area contributed by atoms with Crippen molar-refractivity contribution in [1.82, 2.24) is 4.90 Å². The summed E-state index contributed by atoms with van der Waals surface area (Å²) in [5.41, 5.74) is 2.01. The molecule has 1 aromatic carbocycles. The Balaban J connectivity index is 1.36. The maximum absolute atomic E-state index is 12.5. The summed E-state index contributed by atoms with van der Waals surface area (Å²) in [6.45, 7) is 1.62. The monoisotopic (exact) mass is 312 g/mol. The largest absolute Gasteiger partial charge is 0.388 e. The lowest BCUT2D eigenvalue weighted by Crippen LogP contribution is -2.48. The van der Waals surface area contributed by atoms with Gasteiger partial charge in [-0.2, -0.15) is 0 Å². The summed E-state index contributed by atoms with van der Waals surface area (Å²) in [6.07, 6.45) is 7.24. The molecule has 4 heteroatoms. The van der Waals surface area contributed by atoms with Gasteiger partial charge in [0.05, 0.1) is 5.71 Å². The fourth-order valence-electron chi connectivity index (χ4n) is 4.14. The second kappa shape index (κ2) is 5.99. The van der Waals surface area contributed by atoms with Crippen LogP contribution in [0.5, 0.6) is 0 Å². The molecule has 1 saturated heterocycles. The van der Waals surface area contributed by atoms with Crippen LogP contribution in [0.2, 0.25) is 0 Å². The number of amides is 1. The third-order valence-electron chi connectivity index (χ3n) is 5.64. The van der Waals surface area contributed by atoms with Crippen molar-refractivity contribution in [3.8, 4) is 0 Å². The highest BCUT2D eigenvalue weighted by Gasteiger charge is 2.43. The lowest BCUT2D eigenvalue weighted by molar-refractivity contribution is -0.141. The zero-order valence-corrected chi connectivity index (χ0v) is 13.5. The minimum atomic E-state index is -0.183. The van der Waals surface area contributed by atoms with Gasteiger partial charge in [0, 0.05) is 38.3 Å². The standard InChI is InChI=1S/C19H24N2O2/c22-18(16-8-4-5-9-16)21-12-10-19(11-13-21)14-17(20-23-19)15-6-2-1-3-7-15/h1-3,6-7,16H,4-5,8-14H2. The molecule has 1 spiro atoms. The Kier molecular flexibility index (Phi) is 3.83. The van der Waals surface area contributed by atoms with E-state index < -0.39 is 0 Å². The molecule has 4 nitrogen and oxygen atoms in total. The fourth-order valence-corrected chi connectivity index (χ4v) is 4.14. The van der Waals surface area contributed by atoms with E-state index >= 15 is 0 Å². The number of hydrogen-bond donors (Lipinski definition) is 0. The van der Waals surface area contributed by atoms with Gasteiger partial charge in [0.15, 0.2) is 0 Å². The highest BCUT2D eigenvalue weighted by Crippen LogP contribution is 2.37. The molecule has 0 N–H and O–H groups in total. The number of piperidine rings is 1. The van der Waals surface area contributed by atoms with Crippen molar-refractivity contribution in [2.45, 2.75) is 50.5 Å². The molecule has 122 valence electrons. The smallest absolute Gasteiger partial charge is 0.225 e. The molecule has 0 radical (unpaired) electrons. The van der Waals surface area contributed by atoms with Crippen LogP contribution in [0.25, 0.3) is 0 Å². The second-order valence-corrected chi connectivity index (χ2v) is 7.16. The Hall–Kier alpha value is -1.84. The predicted octanol–water partition coefficient (Wildman–Crippen LogP) is 3.36. The van der Waals surface area contributed by atoms with Gasteiger partial charge in [0.25, 0.3) is 0 Å². The number of oxime groups is 1. The van der Waals surface area contributed by atoms with Crippen LogP contribution in [0, 0.1) is 5.92 Å². The van der Waals surface area contributed by atoms with Gasteiger partial charge < -0.3 is 9.74 Å². The highest BCUT2D eigenvalue weighted by atomic mass is 16.7. The van der Waals surface area contributed by atoms with Gasteiger partial charge in [0.2, 0.25) is 5.91 Å². The van der Waals surface area contributed by atoms with E-state index in [1.165, 1.54) is 12.8 Å². The van der Waals surface area contributed by atoms with Crippen LogP contribution in [0.15, 0.2) is 35.5 Å². The topological polar surface area (TPSA) is 41.9 Å². The normalized spacial score (nSPS) is 23.8. The molecule has 0 unspecified atom stereocenters. The number of rotatable bonds is 2. The molecule has 1 aliphatic carbocycles. The number of benzene rings is 1. The first-order valence-electron chi connectivity index (χ1n) is 8.85.